The maximum atomic E-state index is 12.2. The maximum Gasteiger partial charge on any atom is 0.337 e. The number of para-hydroxylation sites is 1. The first-order valence-corrected chi connectivity index (χ1v) is 8.69. The highest BCUT2D eigenvalue weighted by molar-refractivity contribution is 5.90. The molecular formula is C21H21NO6. The van der Waals surface area contributed by atoms with Gasteiger partial charge in [-0.1, -0.05) is 18.2 Å². The van der Waals surface area contributed by atoms with Crippen LogP contribution in [0.3, 0.4) is 0 Å². The van der Waals surface area contributed by atoms with Crippen LogP contribution in [-0.2, 0) is 9.53 Å². The van der Waals surface area contributed by atoms with Crippen LogP contribution in [-0.4, -0.2) is 32.7 Å². The number of benzene rings is 2. The van der Waals surface area contributed by atoms with Gasteiger partial charge in [-0.25, -0.2) is 4.79 Å². The van der Waals surface area contributed by atoms with Crippen molar-refractivity contribution >= 4 is 22.8 Å². The Bertz CT molecular complexity index is 960. The van der Waals surface area contributed by atoms with Crippen LogP contribution in [0.1, 0.15) is 29.1 Å². The summed E-state index contributed by atoms with van der Waals surface area (Å²) in [5.74, 6) is 0.548. The molecule has 1 N–H and O–H groups in total. The number of methoxy groups -OCH3 is 2. The molecule has 1 amide bonds. The highest BCUT2D eigenvalue weighted by Crippen LogP contribution is 2.28. The monoisotopic (exact) mass is 383 g/mol. The molecule has 0 bridgehead atoms. The van der Waals surface area contributed by atoms with E-state index in [9.17, 15) is 9.59 Å². The second kappa shape index (κ2) is 8.47. The zero-order chi connectivity index (χ0) is 20.1. The van der Waals surface area contributed by atoms with E-state index in [0.717, 1.165) is 11.0 Å². The predicted molar refractivity (Wildman–Crippen MR) is 103 cm³/mol. The third kappa shape index (κ3) is 4.25. The van der Waals surface area contributed by atoms with E-state index in [0.29, 0.717) is 22.8 Å². The second-order valence-corrected chi connectivity index (χ2v) is 6.12. The smallest absolute Gasteiger partial charge is 0.337 e. The summed E-state index contributed by atoms with van der Waals surface area (Å²) in [5, 5.41) is 3.81. The van der Waals surface area contributed by atoms with Crippen LogP contribution in [0.25, 0.3) is 11.0 Å². The number of nitrogens with one attached hydrogen (secondary N) is 1. The Kier molecular flexibility index (Phi) is 5.84. The molecular weight excluding hydrogens is 362 g/mol. The van der Waals surface area contributed by atoms with E-state index < -0.39 is 5.97 Å². The minimum absolute atomic E-state index is 0.210. The van der Waals surface area contributed by atoms with Gasteiger partial charge in [0.1, 0.15) is 11.3 Å². The van der Waals surface area contributed by atoms with Gasteiger partial charge in [0, 0.05) is 5.39 Å². The molecule has 28 heavy (non-hydrogen) atoms. The average molecular weight is 383 g/mol. The molecule has 3 aromatic rings. The minimum Gasteiger partial charge on any atom is -0.493 e. The number of hydrogen-bond donors (Lipinski definition) is 1. The second-order valence-electron chi connectivity index (χ2n) is 6.12. The highest BCUT2D eigenvalue weighted by atomic mass is 16.5. The number of rotatable bonds is 7. The molecule has 0 radical (unpaired) electrons. The van der Waals surface area contributed by atoms with Crippen molar-refractivity contribution in [3.63, 3.8) is 0 Å². The molecule has 1 unspecified atom stereocenters. The lowest BCUT2D eigenvalue weighted by Crippen LogP contribution is -2.31. The third-order valence-electron chi connectivity index (χ3n) is 4.19. The lowest BCUT2D eigenvalue weighted by Gasteiger charge is -2.14. The summed E-state index contributed by atoms with van der Waals surface area (Å²) >= 11 is 0. The molecule has 2 aromatic carbocycles. The number of carbonyl (C=O) groups excluding carboxylic acids is 2. The van der Waals surface area contributed by atoms with Crippen molar-refractivity contribution in [1.82, 2.24) is 5.32 Å². The fraction of sp³-hybridized carbons (Fsp3) is 0.238. The van der Waals surface area contributed by atoms with Crippen molar-refractivity contribution in [2.75, 3.05) is 20.8 Å². The van der Waals surface area contributed by atoms with Gasteiger partial charge in [-0.2, -0.15) is 0 Å². The Balaban J connectivity index is 1.61. The summed E-state index contributed by atoms with van der Waals surface area (Å²) in [4.78, 5) is 23.8. The average Bonchev–Trinajstić information content (AvgIpc) is 3.16. The SMILES string of the molecule is COC(=O)c1ccc(OCC(=O)NC(C)c2cc3ccccc3o2)c(OC)c1. The van der Waals surface area contributed by atoms with Crippen molar-refractivity contribution < 1.29 is 28.2 Å². The zero-order valence-electron chi connectivity index (χ0n) is 15.9. The number of fused-ring (bicyclic) bond motifs is 1. The van der Waals surface area contributed by atoms with Gasteiger partial charge in [0.15, 0.2) is 18.1 Å². The summed E-state index contributed by atoms with van der Waals surface area (Å²) in [6.07, 6.45) is 0. The van der Waals surface area contributed by atoms with E-state index in [1.54, 1.807) is 12.1 Å². The Morgan fingerprint density at radius 3 is 2.57 bits per heavy atom. The molecule has 1 heterocycles. The van der Waals surface area contributed by atoms with Crippen LogP contribution >= 0.6 is 0 Å². The number of furan rings is 1. The van der Waals surface area contributed by atoms with Crippen molar-refractivity contribution in [3.8, 4) is 11.5 Å². The molecule has 0 fully saturated rings. The molecule has 0 saturated carbocycles. The summed E-state index contributed by atoms with van der Waals surface area (Å²) < 4.78 is 21.2. The Hall–Kier alpha value is -3.48. The summed E-state index contributed by atoms with van der Waals surface area (Å²) in [6.45, 7) is 1.62. The van der Waals surface area contributed by atoms with E-state index in [4.69, 9.17) is 13.9 Å². The fourth-order valence-corrected chi connectivity index (χ4v) is 2.75. The van der Waals surface area contributed by atoms with Crippen molar-refractivity contribution in [3.05, 3.63) is 59.9 Å². The van der Waals surface area contributed by atoms with Gasteiger partial charge in [0.05, 0.1) is 25.8 Å². The number of amides is 1. The van der Waals surface area contributed by atoms with Crippen LogP contribution in [0, 0.1) is 0 Å². The molecule has 0 aliphatic heterocycles. The van der Waals surface area contributed by atoms with Crippen LogP contribution in [0.15, 0.2) is 52.9 Å². The fourth-order valence-electron chi connectivity index (χ4n) is 2.75. The van der Waals surface area contributed by atoms with Crippen molar-refractivity contribution in [2.24, 2.45) is 0 Å². The summed E-state index contributed by atoms with van der Waals surface area (Å²) in [5.41, 5.74) is 1.10. The molecule has 0 aliphatic carbocycles. The predicted octanol–water partition coefficient (Wildman–Crippen LogP) is 3.48. The van der Waals surface area contributed by atoms with Crippen LogP contribution in [0.4, 0.5) is 0 Å². The van der Waals surface area contributed by atoms with Crippen LogP contribution < -0.4 is 14.8 Å². The Morgan fingerprint density at radius 1 is 1.07 bits per heavy atom. The van der Waals surface area contributed by atoms with Crippen LogP contribution in [0.2, 0.25) is 0 Å². The van der Waals surface area contributed by atoms with E-state index in [1.807, 2.05) is 37.3 Å². The number of hydrogen-bond acceptors (Lipinski definition) is 6. The lowest BCUT2D eigenvalue weighted by atomic mass is 10.2. The van der Waals surface area contributed by atoms with E-state index >= 15 is 0 Å². The Labute approximate surface area is 162 Å². The molecule has 7 nitrogen and oxygen atoms in total. The van der Waals surface area contributed by atoms with Gasteiger partial charge in [-0.15, -0.1) is 0 Å². The van der Waals surface area contributed by atoms with Gasteiger partial charge in [0.2, 0.25) is 0 Å². The van der Waals surface area contributed by atoms with Gasteiger partial charge in [-0.05, 0) is 37.3 Å². The summed E-state index contributed by atoms with van der Waals surface area (Å²) in [7, 11) is 2.75. The topological polar surface area (TPSA) is 87.0 Å². The zero-order valence-corrected chi connectivity index (χ0v) is 15.9. The Morgan fingerprint density at radius 2 is 1.86 bits per heavy atom. The van der Waals surface area contributed by atoms with E-state index in [2.05, 4.69) is 10.1 Å². The van der Waals surface area contributed by atoms with E-state index in [1.165, 1.54) is 20.3 Å². The number of carbonyl (C=O) groups is 2. The minimum atomic E-state index is -0.484. The lowest BCUT2D eigenvalue weighted by molar-refractivity contribution is -0.123. The molecule has 1 atom stereocenters. The first-order valence-electron chi connectivity index (χ1n) is 8.69. The molecule has 146 valence electrons. The molecule has 3 rings (SSSR count). The van der Waals surface area contributed by atoms with Crippen molar-refractivity contribution in [2.45, 2.75) is 13.0 Å². The highest BCUT2D eigenvalue weighted by Gasteiger charge is 2.16. The van der Waals surface area contributed by atoms with Crippen molar-refractivity contribution in [1.29, 1.82) is 0 Å². The molecule has 7 heteroatoms. The summed E-state index contributed by atoms with van der Waals surface area (Å²) in [6, 6.07) is 13.8. The third-order valence-corrected chi connectivity index (χ3v) is 4.19. The molecule has 0 saturated heterocycles. The van der Waals surface area contributed by atoms with Gasteiger partial charge in [0.25, 0.3) is 5.91 Å². The first-order chi connectivity index (χ1) is 13.5. The maximum absolute atomic E-state index is 12.2. The van der Waals surface area contributed by atoms with Gasteiger partial charge >= 0.3 is 5.97 Å². The number of esters is 1. The van der Waals surface area contributed by atoms with E-state index in [-0.39, 0.29) is 18.6 Å². The first kappa shape index (κ1) is 19.3. The van der Waals surface area contributed by atoms with Crippen LogP contribution in [0.5, 0.6) is 11.5 Å². The van der Waals surface area contributed by atoms with Gasteiger partial charge < -0.3 is 23.9 Å². The normalized spacial score (nSPS) is 11.7. The van der Waals surface area contributed by atoms with Gasteiger partial charge in [-0.3, -0.25) is 4.79 Å². The molecule has 0 aliphatic rings. The molecule has 1 aromatic heterocycles. The quantitative estimate of drug-likeness (QED) is 0.629. The molecule has 0 spiro atoms. The standard InChI is InChI=1S/C21H21NO6/c1-13(18-10-14-6-4-5-7-16(14)28-18)22-20(23)12-27-17-9-8-15(21(24)26-3)11-19(17)25-2/h4-11,13H,12H2,1-3H3,(H,22,23). The largest absolute Gasteiger partial charge is 0.493 e. The number of ether oxygens (including phenoxy) is 3.